The van der Waals surface area contributed by atoms with Crippen LogP contribution in [0.25, 0.3) is 0 Å². The molecule has 0 heterocycles. The highest BCUT2D eigenvalue weighted by atomic mass is 79.9. The summed E-state index contributed by atoms with van der Waals surface area (Å²) in [5.74, 6) is -0.368. The number of sulfonamides is 1. The minimum Gasteiger partial charge on any atom is -0.348 e. The third-order valence-corrected chi connectivity index (χ3v) is 7.58. The predicted octanol–water partition coefficient (Wildman–Crippen LogP) is 5.28. The summed E-state index contributed by atoms with van der Waals surface area (Å²) in [6.07, 6.45) is 0. The molecule has 0 aliphatic rings. The number of halogens is 2. The van der Waals surface area contributed by atoms with Crippen molar-refractivity contribution in [1.82, 2.24) is 9.62 Å². The maximum atomic E-state index is 13.3. The molecule has 0 spiro atoms. The van der Waals surface area contributed by atoms with Crippen molar-refractivity contribution in [3.05, 3.63) is 98.9 Å². The summed E-state index contributed by atoms with van der Waals surface area (Å²) in [6.45, 7) is 1.67. The van der Waals surface area contributed by atoms with Gasteiger partial charge in [0.2, 0.25) is 15.9 Å². The zero-order valence-electron chi connectivity index (χ0n) is 16.8. The molecule has 1 amide bonds. The van der Waals surface area contributed by atoms with Gasteiger partial charge >= 0.3 is 0 Å². The molecule has 0 aromatic heterocycles. The van der Waals surface area contributed by atoms with E-state index in [-0.39, 0.29) is 29.9 Å². The Labute approximate surface area is 199 Å². The topological polar surface area (TPSA) is 66.5 Å². The van der Waals surface area contributed by atoms with Crippen LogP contribution in [0.1, 0.15) is 24.1 Å². The van der Waals surface area contributed by atoms with Crippen molar-refractivity contribution in [1.29, 1.82) is 0 Å². The lowest BCUT2D eigenvalue weighted by Gasteiger charge is -2.23. The Bertz CT molecular complexity index is 1120. The van der Waals surface area contributed by atoms with Gasteiger partial charge in [-0.25, -0.2) is 8.42 Å². The zero-order valence-corrected chi connectivity index (χ0v) is 20.8. The molecule has 3 aromatic rings. The van der Waals surface area contributed by atoms with Crippen LogP contribution in [0.5, 0.6) is 0 Å². The Kier molecular flexibility index (Phi) is 8.05. The van der Waals surface area contributed by atoms with Crippen molar-refractivity contribution >= 4 is 47.8 Å². The minimum absolute atomic E-state index is 0.0879. The fourth-order valence-corrected chi connectivity index (χ4v) is 4.98. The van der Waals surface area contributed by atoms with Crippen LogP contribution < -0.4 is 5.32 Å². The van der Waals surface area contributed by atoms with Crippen LogP contribution in [-0.4, -0.2) is 25.2 Å². The first-order valence-corrected chi connectivity index (χ1v) is 12.6. The third kappa shape index (κ3) is 6.49. The van der Waals surface area contributed by atoms with E-state index in [1.165, 1.54) is 16.4 Å². The van der Waals surface area contributed by atoms with Gasteiger partial charge in [-0.2, -0.15) is 4.31 Å². The first-order chi connectivity index (χ1) is 14.8. The summed E-state index contributed by atoms with van der Waals surface area (Å²) in [4.78, 5) is 12.9. The Morgan fingerprint density at radius 1 is 0.903 bits per heavy atom. The van der Waals surface area contributed by atoms with Gasteiger partial charge in [0.1, 0.15) is 0 Å². The highest BCUT2D eigenvalue weighted by molar-refractivity contribution is 9.10. The SMILES string of the molecule is C[C@@H](NC(=O)CN(Cc1ccc(Br)cc1)S(=O)(=O)c1ccccc1)c1ccc(Br)cc1. The van der Waals surface area contributed by atoms with E-state index in [0.29, 0.717) is 0 Å². The van der Waals surface area contributed by atoms with Crippen LogP contribution in [0.2, 0.25) is 0 Å². The monoisotopic (exact) mass is 564 g/mol. The zero-order chi connectivity index (χ0) is 22.4. The fraction of sp³-hybridized carbons (Fsp3) is 0.174. The quantitative estimate of drug-likeness (QED) is 0.404. The van der Waals surface area contributed by atoms with Gasteiger partial charge in [-0.1, -0.05) is 74.3 Å². The molecule has 0 unspecified atom stereocenters. The molecular formula is C23H22Br2N2O3S. The summed E-state index contributed by atoms with van der Waals surface area (Å²) in [5.41, 5.74) is 1.72. The van der Waals surface area contributed by atoms with Gasteiger partial charge in [0.05, 0.1) is 17.5 Å². The minimum atomic E-state index is -3.86. The van der Waals surface area contributed by atoms with E-state index in [1.807, 2.05) is 55.5 Å². The van der Waals surface area contributed by atoms with Crippen LogP contribution in [0.3, 0.4) is 0 Å². The van der Waals surface area contributed by atoms with Crippen LogP contribution in [0.4, 0.5) is 0 Å². The van der Waals surface area contributed by atoms with Crippen molar-refractivity contribution in [2.24, 2.45) is 0 Å². The molecule has 0 radical (unpaired) electrons. The first-order valence-electron chi connectivity index (χ1n) is 9.60. The predicted molar refractivity (Wildman–Crippen MR) is 129 cm³/mol. The van der Waals surface area contributed by atoms with Crippen LogP contribution in [0, 0.1) is 0 Å². The molecule has 1 N–H and O–H groups in total. The van der Waals surface area contributed by atoms with Crippen LogP contribution in [-0.2, 0) is 21.4 Å². The maximum Gasteiger partial charge on any atom is 0.243 e. The van der Waals surface area contributed by atoms with E-state index in [4.69, 9.17) is 0 Å². The molecule has 0 saturated heterocycles. The smallest absolute Gasteiger partial charge is 0.243 e. The Morgan fingerprint density at radius 2 is 1.45 bits per heavy atom. The molecule has 162 valence electrons. The number of benzene rings is 3. The lowest BCUT2D eigenvalue weighted by molar-refractivity contribution is -0.122. The van der Waals surface area contributed by atoms with Gasteiger partial charge in [0.25, 0.3) is 0 Å². The van der Waals surface area contributed by atoms with Crippen molar-refractivity contribution in [3.63, 3.8) is 0 Å². The summed E-state index contributed by atoms with van der Waals surface area (Å²) in [7, 11) is -3.86. The number of rotatable bonds is 8. The second kappa shape index (κ2) is 10.5. The second-order valence-corrected chi connectivity index (χ2v) is 10.8. The van der Waals surface area contributed by atoms with Gasteiger partial charge in [0, 0.05) is 15.5 Å². The first kappa shape index (κ1) is 23.7. The van der Waals surface area contributed by atoms with Gasteiger partial charge in [-0.05, 0) is 54.4 Å². The van der Waals surface area contributed by atoms with Crippen LogP contribution in [0.15, 0.2) is 92.7 Å². The molecule has 3 aromatic carbocycles. The average Bonchev–Trinajstić information content (AvgIpc) is 2.75. The van der Waals surface area contributed by atoms with Crippen molar-refractivity contribution < 1.29 is 13.2 Å². The van der Waals surface area contributed by atoms with Crippen molar-refractivity contribution in [2.45, 2.75) is 24.4 Å². The second-order valence-electron chi connectivity index (χ2n) is 7.05. The van der Waals surface area contributed by atoms with Gasteiger partial charge in [0.15, 0.2) is 0 Å². The lowest BCUT2D eigenvalue weighted by atomic mass is 10.1. The molecule has 0 saturated carbocycles. The number of nitrogens with one attached hydrogen (secondary N) is 1. The molecule has 3 rings (SSSR count). The molecule has 0 aliphatic carbocycles. The summed E-state index contributed by atoms with van der Waals surface area (Å²) < 4.78 is 29.6. The summed E-state index contributed by atoms with van der Waals surface area (Å²) >= 11 is 6.78. The number of carbonyl (C=O) groups is 1. The Balaban J connectivity index is 1.81. The summed E-state index contributed by atoms with van der Waals surface area (Å²) in [5, 5.41) is 2.90. The largest absolute Gasteiger partial charge is 0.348 e. The molecule has 5 nitrogen and oxygen atoms in total. The fourth-order valence-electron chi connectivity index (χ4n) is 3.04. The Morgan fingerprint density at radius 3 is 2.03 bits per heavy atom. The average molecular weight is 566 g/mol. The molecule has 0 bridgehead atoms. The van der Waals surface area contributed by atoms with Gasteiger partial charge in [-0.15, -0.1) is 0 Å². The molecule has 1 atom stereocenters. The van der Waals surface area contributed by atoms with E-state index in [2.05, 4.69) is 37.2 Å². The Hall–Kier alpha value is -2.00. The van der Waals surface area contributed by atoms with E-state index < -0.39 is 10.0 Å². The van der Waals surface area contributed by atoms with Gasteiger partial charge in [-0.3, -0.25) is 4.79 Å². The number of hydrogen-bond acceptors (Lipinski definition) is 3. The third-order valence-electron chi connectivity index (χ3n) is 4.72. The summed E-state index contributed by atoms with van der Waals surface area (Å²) in [6, 6.07) is 22.9. The van der Waals surface area contributed by atoms with Crippen LogP contribution >= 0.6 is 31.9 Å². The van der Waals surface area contributed by atoms with E-state index in [9.17, 15) is 13.2 Å². The molecule has 0 fully saturated rings. The highest BCUT2D eigenvalue weighted by Crippen LogP contribution is 2.20. The maximum absolute atomic E-state index is 13.3. The molecular weight excluding hydrogens is 544 g/mol. The standard InChI is InChI=1S/C23H22Br2N2O3S/c1-17(19-9-13-21(25)14-10-19)26-23(28)16-27(15-18-7-11-20(24)12-8-18)31(29,30)22-5-3-2-4-6-22/h2-14,17H,15-16H2,1H3,(H,26,28)/t17-/m1/s1. The number of hydrogen-bond donors (Lipinski definition) is 1. The van der Waals surface area contributed by atoms with E-state index in [1.54, 1.807) is 18.2 Å². The van der Waals surface area contributed by atoms with Crippen molar-refractivity contribution in [2.75, 3.05) is 6.54 Å². The number of nitrogens with zero attached hydrogens (tertiary/aromatic N) is 1. The molecule has 0 aliphatic heterocycles. The normalized spacial score (nSPS) is 12.5. The van der Waals surface area contributed by atoms with Gasteiger partial charge < -0.3 is 5.32 Å². The lowest BCUT2D eigenvalue weighted by Crippen LogP contribution is -2.41. The van der Waals surface area contributed by atoms with E-state index >= 15 is 0 Å². The number of carbonyl (C=O) groups excluding carboxylic acids is 1. The molecule has 31 heavy (non-hydrogen) atoms. The molecule has 8 heteroatoms. The van der Waals surface area contributed by atoms with Crippen molar-refractivity contribution in [3.8, 4) is 0 Å². The van der Waals surface area contributed by atoms with E-state index in [0.717, 1.165) is 20.1 Å². The number of amides is 1. The highest BCUT2D eigenvalue weighted by Gasteiger charge is 2.27.